The summed E-state index contributed by atoms with van der Waals surface area (Å²) in [5.41, 5.74) is 0.452. The molecular weight excluding hydrogens is 291 g/mol. The lowest BCUT2D eigenvalue weighted by Crippen LogP contribution is -2.47. The number of phenolic OH excluding ortho intramolecular Hbond substituents is 1. The van der Waals surface area contributed by atoms with E-state index in [1.54, 1.807) is 23.5 Å². The number of aromatic hydroxyl groups is 1. The lowest BCUT2D eigenvalue weighted by molar-refractivity contribution is -0.175. The Balaban J connectivity index is 2.74. The molecule has 21 heavy (non-hydrogen) atoms. The summed E-state index contributed by atoms with van der Waals surface area (Å²) in [7, 11) is 1.01. The normalized spacial score (nSPS) is 12.6. The van der Waals surface area contributed by atoms with Crippen molar-refractivity contribution < 1.29 is 32.6 Å². The third-order valence-electron chi connectivity index (χ3n) is 2.74. The summed E-state index contributed by atoms with van der Waals surface area (Å²) >= 11 is 0. The molecule has 0 fully saturated rings. The molecule has 1 aromatic rings. The predicted octanol–water partition coefficient (Wildman–Crippen LogP) is 1.54. The maximum atomic E-state index is 12.2. The number of benzene rings is 1. The Bertz CT molecular complexity index is 516. The molecule has 5 nitrogen and oxygen atoms in total. The van der Waals surface area contributed by atoms with Crippen LogP contribution < -0.4 is 5.32 Å². The number of hydrogen-bond acceptors (Lipinski definition) is 4. The number of ether oxygens (including phenoxy) is 1. The summed E-state index contributed by atoms with van der Waals surface area (Å²) in [5, 5.41) is 11.1. The zero-order chi connectivity index (χ0) is 16.0. The number of halogens is 3. The first-order valence-electron chi connectivity index (χ1n) is 5.98. The number of alkyl halides is 3. The van der Waals surface area contributed by atoms with Crippen molar-refractivity contribution >= 4 is 11.9 Å². The number of rotatable bonds is 5. The van der Waals surface area contributed by atoms with E-state index in [1.165, 1.54) is 6.07 Å². The van der Waals surface area contributed by atoms with Crippen LogP contribution in [-0.2, 0) is 20.7 Å². The summed E-state index contributed by atoms with van der Waals surface area (Å²) in [6, 6.07) is 4.76. The van der Waals surface area contributed by atoms with Crippen LogP contribution in [0.5, 0.6) is 5.75 Å². The Morgan fingerprint density at radius 2 is 1.95 bits per heavy atom. The number of para-hydroxylation sites is 1. The summed E-state index contributed by atoms with van der Waals surface area (Å²) in [4.78, 5) is 22.3. The van der Waals surface area contributed by atoms with Crippen LogP contribution >= 0.6 is 0 Å². The number of nitrogens with one attached hydrogen (secondary N) is 1. The molecule has 0 aliphatic heterocycles. The van der Waals surface area contributed by atoms with E-state index in [9.17, 15) is 27.9 Å². The second-order valence-corrected chi connectivity index (χ2v) is 4.21. The van der Waals surface area contributed by atoms with Gasteiger partial charge in [0.25, 0.3) is 0 Å². The number of hydrogen-bond donors (Lipinski definition) is 2. The third kappa shape index (κ3) is 4.97. The highest BCUT2D eigenvalue weighted by atomic mass is 19.4. The Hall–Kier alpha value is -2.25. The van der Waals surface area contributed by atoms with Crippen molar-refractivity contribution in [2.45, 2.75) is 25.1 Å². The molecule has 0 bridgehead atoms. The minimum atomic E-state index is -5.08. The quantitative estimate of drug-likeness (QED) is 0.809. The third-order valence-corrected chi connectivity index (χ3v) is 2.74. The molecule has 116 valence electrons. The van der Waals surface area contributed by atoms with Crippen LogP contribution in [0.3, 0.4) is 0 Å². The number of phenols is 1. The smallest absolute Gasteiger partial charge is 0.471 e. The molecule has 0 saturated heterocycles. The molecule has 0 aliphatic carbocycles. The highest BCUT2D eigenvalue weighted by Crippen LogP contribution is 2.19. The van der Waals surface area contributed by atoms with Crippen LogP contribution in [0.15, 0.2) is 24.3 Å². The zero-order valence-corrected chi connectivity index (χ0v) is 11.1. The number of methoxy groups -OCH3 is 1. The van der Waals surface area contributed by atoms with E-state index in [0.29, 0.717) is 5.56 Å². The summed E-state index contributed by atoms with van der Waals surface area (Å²) < 4.78 is 41.0. The van der Waals surface area contributed by atoms with Crippen molar-refractivity contribution in [1.29, 1.82) is 0 Å². The molecular formula is C13H14F3NO4. The van der Waals surface area contributed by atoms with Crippen LogP contribution in [0.4, 0.5) is 13.2 Å². The van der Waals surface area contributed by atoms with Crippen LogP contribution in [-0.4, -0.2) is 36.3 Å². The minimum Gasteiger partial charge on any atom is -0.508 e. The topological polar surface area (TPSA) is 75.6 Å². The van der Waals surface area contributed by atoms with Gasteiger partial charge in [-0.2, -0.15) is 13.2 Å². The molecule has 0 aromatic heterocycles. The molecule has 2 N–H and O–H groups in total. The molecule has 1 amide bonds. The number of aryl methyl sites for hydroxylation is 1. The molecule has 0 unspecified atom stereocenters. The van der Waals surface area contributed by atoms with E-state index in [1.807, 2.05) is 0 Å². The number of carbonyl (C=O) groups excluding carboxylic acids is 2. The molecule has 1 aromatic carbocycles. The van der Waals surface area contributed by atoms with Crippen molar-refractivity contribution in [2.24, 2.45) is 0 Å². The molecule has 0 aliphatic rings. The fraction of sp³-hybridized carbons (Fsp3) is 0.385. The predicted molar refractivity (Wildman–Crippen MR) is 66.4 cm³/mol. The molecule has 1 atom stereocenters. The van der Waals surface area contributed by atoms with Gasteiger partial charge in [0.1, 0.15) is 11.8 Å². The Morgan fingerprint density at radius 1 is 1.33 bits per heavy atom. The van der Waals surface area contributed by atoms with Crippen molar-refractivity contribution in [3.63, 3.8) is 0 Å². The second kappa shape index (κ2) is 6.96. The lowest BCUT2D eigenvalue weighted by Gasteiger charge is -2.17. The fourth-order valence-electron chi connectivity index (χ4n) is 1.65. The van der Waals surface area contributed by atoms with Crippen molar-refractivity contribution in [3.05, 3.63) is 29.8 Å². The van der Waals surface area contributed by atoms with Crippen LogP contribution in [0.25, 0.3) is 0 Å². The minimum absolute atomic E-state index is 0.0386. The van der Waals surface area contributed by atoms with Crippen molar-refractivity contribution in [1.82, 2.24) is 5.32 Å². The molecule has 0 spiro atoms. The van der Waals surface area contributed by atoms with Gasteiger partial charge < -0.3 is 15.2 Å². The average molecular weight is 305 g/mol. The molecule has 8 heteroatoms. The van der Waals surface area contributed by atoms with Gasteiger partial charge in [0, 0.05) is 0 Å². The van der Waals surface area contributed by atoms with Crippen molar-refractivity contribution in [2.75, 3.05) is 7.11 Å². The Morgan fingerprint density at radius 3 is 2.48 bits per heavy atom. The van der Waals surface area contributed by atoms with Gasteiger partial charge in [-0.1, -0.05) is 18.2 Å². The maximum absolute atomic E-state index is 12.2. The summed E-state index contributed by atoms with van der Waals surface area (Å²) in [6.45, 7) is 0. The first-order chi connectivity index (χ1) is 9.75. The molecule has 0 radical (unpaired) electrons. The summed E-state index contributed by atoms with van der Waals surface area (Å²) in [5.74, 6) is -3.23. The maximum Gasteiger partial charge on any atom is 0.471 e. The van der Waals surface area contributed by atoms with Crippen LogP contribution in [0, 0.1) is 0 Å². The lowest BCUT2D eigenvalue weighted by atomic mass is 10.0. The molecule has 0 saturated carbocycles. The van der Waals surface area contributed by atoms with Gasteiger partial charge in [0.05, 0.1) is 7.11 Å². The second-order valence-electron chi connectivity index (χ2n) is 4.21. The molecule has 0 heterocycles. The van der Waals surface area contributed by atoms with Crippen LogP contribution in [0.2, 0.25) is 0 Å². The van der Waals surface area contributed by atoms with Gasteiger partial charge in [-0.05, 0) is 24.5 Å². The standard InChI is InChI=1S/C13H14F3NO4/c1-21-11(19)9(17-12(20)13(14,15)16)7-6-8-4-2-3-5-10(8)18/h2-5,9,18H,6-7H2,1H3,(H,17,20)/t9-/m1/s1. The van der Waals surface area contributed by atoms with Crippen molar-refractivity contribution in [3.8, 4) is 5.75 Å². The fourth-order valence-corrected chi connectivity index (χ4v) is 1.65. The van der Waals surface area contributed by atoms with E-state index in [4.69, 9.17) is 0 Å². The van der Waals surface area contributed by atoms with Crippen LogP contribution in [0.1, 0.15) is 12.0 Å². The Labute approximate surface area is 118 Å². The SMILES string of the molecule is COC(=O)[C@@H](CCc1ccccc1O)NC(=O)C(F)(F)F. The average Bonchev–Trinajstić information content (AvgIpc) is 2.42. The van der Waals surface area contributed by atoms with E-state index in [-0.39, 0.29) is 18.6 Å². The van der Waals surface area contributed by atoms with Gasteiger partial charge in [-0.3, -0.25) is 4.79 Å². The molecule has 1 rings (SSSR count). The van der Waals surface area contributed by atoms with Gasteiger partial charge in [-0.15, -0.1) is 0 Å². The van der Waals surface area contributed by atoms with E-state index >= 15 is 0 Å². The van der Waals surface area contributed by atoms with Gasteiger partial charge >= 0.3 is 18.1 Å². The highest BCUT2D eigenvalue weighted by Gasteiger charge is 2.40. The zero-order valence-electron chi connectivity index (χ0n) is 11.1. The van der Waals surface area contributed by atoms with Gasteiger partial charge in [0.15, 0.2) is 0 Å². The van der Waals surface area contributed by atoms with Gasteiger partial charge in [0.2, 0.25) is 0 Å². The first-order valence-corrected chi connectivity index (χ1v) is 5.98. The van der Waals surface area contributed by atoms with E-state index in [0.717, 1.165) is 7.11 Å². The van der Waals surface area contributed by atoms with E-state index < -0.39 is 24.1 Å². The monoisotopic (exact) mass is 305 g/mol. The number of carbonyl (C=O) groups is 2. The largest absolute Gasteiger partial charge is 0.508 e. The number of amides is 1. The Kier molecular flexibility index (Phi) is 5.57. The first kappa shape index (κ1) is 16.8. The van der Waals surface area contributed by atoms with Gasteiger partial charge in [-0.25, -0.2) is 4.79 Å². The summed E-state index contributed by atoms with van der Waals surface area (Å²) in [6.07, 6.45) is -5.11. The number of esters is 1. The highest BCUT2D eigenvalue weighted by molar-refractivity contribution is 5.87. The van der Waals surface area contributed by atoms with E-state index in [2.05, 4.69) is 4.74 Å².